The van der Waals surface area contributed by atoms with Gasteiger partial charge in [-0.25, -0.2) is 4.98 Å². The summed E-state index contributed by atoms with van der Waals surface area (Å²) in [5, 5.41) is 2.93. The molecule has 112 valence electrons. The molecule has 0 saturated carbocycles. The summed E-state index contributed by atoms with van der Waals surface area (Å²) in [6, 6.07) is 3.89. The van der Waals surface area contributed by atoms with Crippen LogP contribution < -0.4 is 15.8 Å². The summed E-state index contributed by atoms with van der Waals surface area (Å²) in [5.41, 5.74) is 6.68. The molecule has 0 fully saturated rings. The summed E-state index contributed by atoms with van der Waals surface area (Å²) in [6.45, 7) is 4.43. The first kappa shape index (κ1) is 16.4. The van der Waals surface area contributed by atoms with Crippen LogP contribution in [0.4, 0.5) is 0 Å². The van der Waals surface area contributed by atoms with Crippen molar-refractivity contribution in [1.29, 1.82) is 0 Å². The summed E-state index contributed by atoms with van der Waals surface area (Å²) < 4.78 is 5.05. The van der Waals surface area contributed by atoms with E-state index in [1.807, 2.05) is 26.0 Å². The second-order valence-electron chi connectivity index (χ2n) is 5.23. The van der Waals surface area contributed by atoms with E-state index in [2.05, 4.69) is 10.3 Å². The van der Waals surface area contributed by atoms with Gasteiger partial charge >= 0.3 is 0 Å². The Kier molecular flexibility index (Phi) is 7.01. The van der Waals surface area contributed by atoms with Crippen molar-refractivity contribution in [2.45, 2.75) is 45.7 Å². The van der Waals surface area contributed by atoms with E-state index in [0.29, 0.717) is 12.4 Å². The van der Waals surface area contributed by atoms with Crippen LogP contribution in [-0.2, 0) is 11.3 Å². The van der Waals surface area contributed by atoms with Crippen molar-refractivity contribution >= 4 is 5.91 Å². The van der Waals surface area contributed by atoms with Crippen molar-refractivity contribution in [2.24, 2.45) is 11.7 Å². The van der Waals surface area contributed by atoms with E-state index in [1.165, 1.54) is 0 Å². The standard InChI is InChI=1S/C15H25N3O2/c1-11(5-4-6-12(2)16)15(19)18-10-13-7-8-17-14(9-13)20-3/h7-9,11-12H,4-6,10,16H2,1-3H3,(H,18,19). The number of methoxy groups -OCH3 is 1. The molecule has 0 radical (unpaired) electrons. The van der Waals surface area contributed by atoms with Gasteiger partial charge in [0.05, 0.1) is 7.11 Å². The molecule has 0 aliphatic carbocycles. The average Bonchev–Trinajstić information content (AvgIpc) is 2.44. The number of hydrogen-bond acceptors (Lipinski definition) is 4. The number of nitrogens with two attached hydrogens (primary N) is 1. The fourth-order valence-electron chi connectivity index (χ4n) is 1.91. The lowest BCUT2D eigenvalue weighted by Crippen LogP contribution is -2.29. The number of pyridine rings is 1. The van der Waals surface area contributed by atoms with Gasteiger partial charge in [0.2, 0.25) is 11.8 Å². The quantitative estimate of drug-likeness (QED) is 0.761. The molecular weight excluding hydrogens is 254 g/mol. The van der Waals surface area contributed by atoms with Crippen molar-refractivity contribution in [3.8, 4) is 5.88 Å². The molecule has 1 rings (SSSR count). The van der Waals surface area contributed by atoms with Gasteiger partial charge in [-0.15, -0.1) is 0 Å². The third-order valence-corrected chi connectivity index (χ3v) is 3.22. The Morgan fingerprint density at radius 1 is 1.45 bits per heavy atom. The van der Waals surface area contributed by atoms with Crippen LogP contribution in [0, 0.1) is 5.92 Å². The number of ether oxygens (including phenoxy) is 1. The Morgan fingerprint density at radius 2 is 2.20 bits per heavy atom. The van der Waals surface area contributed by atoms with Crippen molar-refractivity contribution in [3.05, 3.63) is 23.9 Å². The molecular formula is C15H25N3O2. The van der Waals surface area contributed by atoms with E-state index < -0.39 is 0 Å². The number of aromatic nitrogens is 1. The minimum Gasteiger partial charge on any atom is -0.481 e. The van der Waals surface area contributed by atoms with Crippen LogP contribution >= 0.6 is 0 Å². The van der Waals surface area contributed by atoms with Gasteiger partial charge in [0.25, 0.3) is 0 Å². The third kappa shape index (κ3) is 6.02. The van der Waals surface area contributed by atoms with Crippen LogP contribution in [0.5, 0.6) is 5.88 Å². The van der Waals surface area contributed by atoms with E-state index in [-0.39, 0.29) is 17.9 Å². The van der Waals surface area contributed by atoms with Gasteiger partial charge in [0, 0.05) is 30.8 Å². The van der Waals surface area contributed by atoms with Crippen molar-refractivity contribution in [3.63, 3.8) is 0 Å². The molecule has 2 atom stereocenters. The molecule has 1 heterocycles. The Bertz CT molecular complexity index is 421. The molecule has 20 heavy (non-hydrogen) atoms. The molecule has 5 heteroatoms. The molecule has 1 aromatic heterocycles. The molecule has 3 N–H and O–H groups in total. The predicted molar refractivity (Wildman–Crippen MR) is 79.3 cm³/mol. The maximum absolute atomic E-state index is 12.0. The van der Waals surface area contributed by atoms with Gasteiger partial charge in [-0.05, 0) is 31.4 Å². The Balaban J connectivity index is 2.34. The van der Waals surface area contributed by atoms with E-state index in [9.17, 15) is 4.79 Å². The fraction of sp³-hybridized carbons (Fsp3) is 0.600. The normalized spacial score (nSPS) is 13.6. The first-order valence-electron chi connectivity index (χ1n) is 7.05. The number of nitrogens with zero attached hydrogens (tertiary/aromatic N) is 1. The lowest BCUT2D eigenvalue weighted by atomic mass is 10.0. The largest absolute Gasteiger partial charge is 0.481 e. The van der Waals surface area contributed by atoms with Crippen molar-refractivity contribution in [1.82, 2.24) is 10.3 Å². The number of amides is 1. The Hall–Kier alpha value is -1.62. The summed E-state index contributed by atoms with van der Waals surface area (Å²) in [5.74, 6) is 0.643. The zero-order chi connectivity index (χ0) is 15.0. The molecule has 5 nitrogen and oxygen atoms in total. The van der Waals surface area contributed by atoms with Gasteiger partial charge in [-0.2, -0.15) is 0 Å². The number of hydrogen-bond donors (Lipinski definition) is 2. The number of nitrogens with one attached hydrogen (secondary N) is 1. The molecule has 0 bridgehead atoms. The van der Waals surface area contributed by atoms with E-state index in [0.717, 1.165) is 24.8 Å². The average molecular weight is 279 g/mol. The van der Waals surface area contributed by atoms with Crippen LogP contribution in [-0.4, -0.2) is 24.0 Å². The molecule has 2 unspecified atom stereocenters. The highest BCUT2D eigenvalue weighted by Crippen LogP contribution is 2.11. The second kappa shape index (κ2) is 8.53. The van der Waals surface area contributed by atoms with Crippen LogP contribution in [0.1, 0.15) is 38.7 Å². The second-order valence-corrected chi connectivity index (χ2v) is 5.23. The maximum Gasteiger partial charge on any atom is 0.223 e. The fourth-order valence-corrected chi connectivity index (χ4v) is 1.91. The van der Waals surface area contributed by atoms with Crippen LogP contribution in [0.2, 0.25) is 0 Å². The summed E-state index contributed by atoms with van der Waals surface area (Å²) >= 11 is 0. The monoisotopic (exact) mass is 279 g/mol. The molecule has 1 aromatic rings. The summed E-state index contributed by atoms with van der Waals surface area (Å²) in [6.07, 6.45) is 4.48. The zero-order valence-electron chi connectivity index (χ0n) is 12.6. The summed E-state index contributed by atoms with van der Waals surface area (Å²) in [7, 11) is 1.57. The molecule has 1 amide bonds. The minimum absolute atomic E-state index is 0.0116. The highest BCUT2D eigenvalue weighted by molar-refractivity contribution is 5.78. The number of rotatable bonds is 8. The lowest BCUT2D eigenvalue weighted by Gasteiger charge is -2.13. The highest BCUT2D eigenvalue weighted by atomic mass is 16.5. The van der Waals surface area contributed by atoms with E-state index in [4.69, 9.17) is 10.5 Å². The molecule has 0 aliphatic heterocycles. The molecule has 0 saturated heterocycles. The van der Waals surface area contributed by atoms with Crippen LogP contribution in [0.15, 0.2) is 18.3 Å². The van der Waals surface area contributed by atoms with Gasteiger partial charge in [-0.1, -0.05) is 13.3 Å². The number of carbonyl (C=O) groups is 1. The number of carbonyl (C=O) groups excluding carboxylic acids is 1. The maximum atomic E-state index is 12.0. The lowest BCUT2D eigenvalue weighted by molar-refractivity contribution is -0.124. The molecule has 0 aromatic carbocycles. The zero-order valence-corrected chi connectivity index (χ0v) is 12.6. The third-order valence-electron chi connectivity index (χ3n) is 3.22. The Morgan fingerprint density at radius 3 is 2.85 bits per heavy atom. The van der Waals surface area contributed by atoms with E-state index in [1.54, 1.807) is 13.3 Å². The van der Waals surface area contributed by atoms with Gasteiger partial charge in [0.15, 0.2) is 0 Å². The smallest absolute Gasteiger partial charge is 0.223 e. The first-order chi connectivity index (χ1) is 9.52. The topological polar surface area (TPSA) is 77.2 Å². The van der Waals surface area contributed by atoms with Gasteiger partial charge in [0.1, 0.15) is 0 Å². The predicted octanol–water partition coefficient (Wildman–Crippen LogP) is 1.86. The molecule has 0 spiro atoms. The Labute approximate surface area is 120 Å². The van der Waals surface area contributed by atoms with Gasteiger partial charge in [-0.3, -0.25) is 4.79 Å². The molecule has 0 aliphatic rings. The van der Waals surface area contributed by atoms with E-state index >= 15 is 0 Å². The van der Waals surface area contributed by atoms with Crippen molar-refractivity contribution < 1.29 is 9.53 Å². The van der Waals surface area contributed by atoms with Crippen LogP contribution in [0.25, 0.3) is 0 Å². The first-order valence-corrected chi connectivity index (χ1v) is 7.05. The van der Waals surface area contributed by atoms with Crippen molar-refractivity contribution in [2.75, 3.05) is 7.11 Å². The van der Waals surface area contributed by atoms with Crippen LogP contribution in [0.3, 0.4) is 0 Å². The SMILES string of the molecule is COc1cc(CNC(=O)C(C)CCCC(C)N)ccn1. The van der Waals surface area contributed by atoms with Gasteiger partial charge < -0.3 is 15.8 Å². The highest BCUT2D eigenvalue weighted by Gasteiger charge is 2.12. The minimum atomic E-state index is 0.0116. The summed E-state index contributed by atoms with van der Waals surface area (Å²) in [4.78, 5) is 16.0.